The Hall–Kier alpha value is -0.610. The predicted molar refractivity (Wildman–Crippen MR) is 57.9 cm³/mol. The van der Waals surface area contributed by atoms with Gasteiger partial charge in [0.25, 0.3) is 0 Å². The third-order valence-electron chi connectivity index (χ3n) is 3.54. The highest BCUT2D eigenvalue weighted by Crippen LogP contribution is 2.29. The maximum Gasteiger partial charge on any atom is 0.317 e. The number of hydrogen-bond donors (Lipinski definition) is 1. The van der Waals surface area contributed by atoms with Gasteiger partial charge in [0.15, 0.2) is 0 Å². The fourth-order valence-electron chi connectivity index (χ4n) is 2.48. The SMILES string of the molecule is CN(C1CC1)[C@H]1CCCN(CC(=O)O)C1. The average molecular weight is 212 g/mol. The van der Waals surface area contributed by atoms with E-state index < -0.39 is 5.97 Å². The molecule has 0 unspecified atom stereocenters. The predicted octanol–water partition coefficient (Wildman–Crippen LogP) is 0.630. The molecule has 2 aliphatic rings. The van der Waals surface area contributed by atoms with Crippen LogP contribution in [0.4, 0.5) is 0 Å². The van der Waals surface area contributed by atoms with Crippen molar-refractivity contribution in [1.82, 2.24) is 9.80 Å². The number of hydrogen-bond acceptors (Lipinski definition) is 3. The molecule has 0 spiro atoms. The van der Waals surface area contributed by atoms with Crippen molar-refractivity contribution in [2.75, 3.05) is 26.7 Å². The maximum absolute atomic E-state index is 10.6. The molecule has 1 saturated heterocycles. The van der Waals surface area contributed by atoms with Gasteiger partial charge in [0.1, 0.15) is 0 Å². The quantitative estimate of drug-likeness (QED) is 0.742. The Labute approximate surface area is 90.9 Å². The van der Waals surface area contributed by atoms with Gasteiger partial charge >= 0.3 is 5.97 Å². The Bertz CT molecular complexity index is 241. The Kier molecular flexibility index (Phi) is 3.26. The number of likely N-dealkylation sites (N-methyl/N-ethyl adjacent to an activating group) is 1. The van der Waals surface area contributed by atoms with Crippen molar-refractivity contribution in [3.05, 3.63) is 0 Å². The number of nitrogens with zero attached hydrogens (tertiary/aromatic N) is 2. The van der Waals surface area contributed by atoms with Crippen LogP contribution in [0.3, 0.4) is 0 Å². The number of carboxylic acid groups (broad SMARTS) is 1. The second-order valence-corrected chi connectivity index (χ2v) is 4.82. The molecule has 1 saturated carbocycles. The van der Waals surface area contributed by atoms with Crippen molar-refractivity contribution in [2.45, 2.75) is 37.8 Å². The number of aliphatic carboxylic acids is 1. The number of carbonyl (C=O) groups is 1. The Morgan fingerprint density at radius 3 is 2.73 bits per heavy atom. The van der Waals surface area contributed by atoms with Gasteiger partial charge < -0.3 is 5.11 Å². The third kappa shape index (κ3) is 2.92. The highest BCUT2D eigenvalue weighted by molar-refractivity contribution is 5.69. The van der Waals surface area contributed by atoms with E-state index in [1.165, 1.54) is 19.3 Å². The van der Waals surface area contributed by atoms with Crippen LogP contribution in [0.2, 0.25) is 0 Å². The molecule has 1 aliphatic heterocycles. The summed E-state index contributed by atoms with van der Waals surface area (Å²) in [5.74, 6) is -0.704. The van der Waals surface area contributed by atoms with Crippen molar-refractivity contribution < 1.29 is 9.90 Å². The molecule has 86 valence electrons. The lowest BCUT2D eigenvalue weighted by Gasteiger charge is -2.37. The number of piperidine rings is 1. The molecular weight excluding hydrogens is 192 g/mol. The molecule has 2 fully saturated rings. The topological polar surface area (TPSA) is 43.8 Å². The summed E-state index contributed by atoms with van der Waals surface area (Å²) in [6.45, 7) is 2.08. The summed E-state index contributed by atoms with van der Waals surface area (Å²) in [6.07, 6.45) is 5.01. The minimum absolute atomic E-state index is 0.203. The first-order valence-electron chi connectivity index (χ1n) is 5.83. The van der Waals surface area contributed by atoms with Gasteiger partial charge in [0.2, 0.25) is 0 Å². The second-order valence-electron chi connectivity index (χ2n) is 4.82. The van der Waals surface area contributed by atoms with Crippen LogP contribution < -0.4 is 0 Å². The van der Waals surface area contributed by atoms with Gasteiger partial charge in [-0.05, 0) is 39.3 Å². The molecule has 0 bridgehead atoms. The molecule has 1 heterocycles. The molecule has 0 aromatic rings. The van der Waals surface area contributed by atoms with E-state index >= 15 is 0 Å². The van der Waals surface area contributed by atoms with E-state index in [4.69, 9.17) is 5.11 Å². The van der Waals surface area contributed by atoms with Gasteiger partial charge in [0, 0.05) is 18.6 Å². The standard InChI is InChI=1S/C11H20N2O2/c1-12(9-4-5-9)10-3-2-6-13(7-10)8-11(14)15/h9-10H,2-8H2,1H3,(H,14,15)/t10-/m0/s1. The monoisotopic (exact) mass is 212 g/mol. The van der Waals surface area contributed by atoms with Gasteiger partial charge in [-0.3, -0.25) is 14.6 Å². The van der Waals surface area contributed by atoms with Gasteiger partial charge in [-0.2, -0.15) is 0 Å². The lowest BCUT2D eigenvalue weighted by molar-refractivity contribution is -0.138. The first kappa shape index (κ1) is 10.9. The normalized spacial score (nSPS) is 28.3. The van der Waals surface area contributed by atoms with Crippen molar-refractivity contribution in [3.63, 3.8) is 0 Å². The number of rotatable bonds is 4. The third-order valence-corrected chi connectivity index (χ3v) is 3.54. The molecule has 0 amide bonds. The first-order chi connectivity index (χ1) is 7.16. The van der Waals surface area contributed by atoms with E-state index in [2.05, 4.69) is 16.8 Å². The van der Waals surface area contributed by atoms with Crippen LogP contribution in [-0.4, -0.2) is 59.6 Å². The summed E-state index contributed by atoms with van der Waals surface area (Å²) in [7, 11) is 2.19. The Balaban J connectivity index is 1.83. The molecule has 0 radical (unpaired) electrons. The van der Waals surface area contributed by atoms with Crippen molar-refractivity contribution in [3.8, 4) is 0 Å². The van der Waals surface area contributed by atoms with E-state index in [1.807, 2.05) is 0 Å². The van der Waals surface area contributed by atoms with Gasteiger partial charge in [0.05, 0.1) is 6.54 Å². The average Bonchev–Trinajstić information content (AvgIpc) is 2.99. The summed E-state index contributed by atoms with van der Waals surface area (Å²) in [5.41, 5.74) is 0. The zero-order chi connectivity index (χ0) is 10.8. The van der Waals surface area contributed by atoms with E-state index in [-0.39, 0.29) is 6.54 Å². The van der Waals surface area contributed by atoms with E-state index in [1.54, 1.807) is 0 Å². The Morgan fingerprint density at radius 1 is 1.40 bits per heavy atom. The zero-order valence-corrected chi connectivity index (χ0v) is 9.35. The molecule has 1 N–H and O–H groups in total. The zero-order valence-electron chi connectivity index (χ0n) is 9.35. The smallest absolute Gasteiger partial charge is 0.317 e. The highest BCUT2D eigenvalue weighted by Gasteiger charge is 2.33. The van der Waals surface area contributed by atoms with Gasteiger partial charge in [-0.1, -0.05) is 0 Å². The van der Waals surface area contributed by atoms with Crippen molar-refractivity contribution in [2.24, 2.45) is 0 Å². The van der Waals surface area contributed by atoms with Gasteiger partial charge in [-0.25, -0.2) is 0 Å². The summed E-state index contributed by atoms with van der Waals surface area (Å²) in [5, 5.41) is 8.76. The van der Waals surface area contributed by atoms with Gasteiger partial charge in [-0.15, -0.1) is 0 Å². The second kappa shape index (κ2) is 4.49. The molecule has 0 aromatic carbocycles. The summed E-state index contributed by atoms with van der Waals surface area (Å²) >= 11 is 0. The highest BCUT2D eigenvalue weighted by atomic mass is 16.4. The largest absolute Gasteiger partial charge is 0.480 e. The lowest BCUT2D eigenvalue weighted by atomic mass is 10.0. The van der Waals surface area contributed by atoms with Crippen LogP contribution in [0.15, 0.2) is 0 Å². The minimum Gasteiger partial charge on any atom is -0.480 e. The molecule has 4 heteroatoms. The molecule has 1 atom stereocenters. The van der Waals surface area contributed by atoms with Crippen LogP contribution >= 0.6 is 0 Å². The molecule has 2 rings (SSSR count). The van der Waals surface area contributed by atoms with Crippen LogP contribution in [0.25, 0.3) is 0 Å². The number of carboxylic acids is 1. The molecule has 1 aliphatic carbocycles. The van der Waals surface area contributed by atoms with Crippen molar-refractivity contribution in [1.29, 1.82) is 0 Å². The summed E-state index contributed by atoms with van der Waals surface area (Å²) in [4.78, 5) is 15.2. The minimum atomic E-state index is -0.704. The van der Waals surface area contributed by atoms with E-state index in [0.717, 1.165) is 25.6 Å². The summed E-state index contributed by atoms with van der Waals surface area (Å²) in [6, 6.07) is 1.35. The van der Waals surface area contributed by atoms with E-state index in [0.29, 0.717) is 6.04 Å². The summed E-state index contributed by atoms with van der Waals surface area (Å²) < 4.78 is 0. The number of likely N-dealkylation sites (tertiary alicyclic amines) is 1. The molecule has 4 nitrogen and oxygen atoms in total. The molecule has 15 heavy (non-hydrogen) atoms. The van der Waals surface area contributed by atoms with Crippen LogP contribution in [0.5, 0.6) is 0 Å². The lowest BCUT2D eigenvalue weighted by Crippen LogP contribution is -2.48. The van der Waals surface area contributed by atoms with Crippen LogP contribution in [0.1, 0.15) is 25.7 Å². The molecular formula is C11H20N2O2. The fraction of sp³-hybridized carbons (Fsp3) is 0.909. The van der Waals surface area contributed by atoms with E-state index in [9.17, 15) is 4.79 Å². The fourth-order valence-corrected chi connectivity index (χ4v) is 2.48. The first-order valence-corrected chi connectivity index (χ1v) is 5.83. The molecule has 0 aromatic heterocycles. The van der Waals surface area contributed by atoms with Crippen molar-refractivity contribution >= 4 is 5.97 Å². The maximum atomic E-state index is 10.6. The van der Waals surface area contributed by atoms with Crippen LogP contribution in [-0.2, 0) is 4.79 Å². The Morgan fingerprint density at radius 2 is 2.13 bits per heavy atom. The van der Waals surface area contributed by atoms with Crippen LogP contribution in [0, 0.1) is 0 Å².